The Kier molecular flexibility index (Phi) is 4.62. The summed E-state index contributed by atoms with van der Waals surface area (Å²) >= 11 is 0. The average molecular weight is 416 g/mol. The zero-order valence-corrected chi connectivity index (χ0v) is 17.9. The molecule has 0 unspecified atom stereocenters. The van der Waals surface area contributed by atoms with E-state index in [1.807, 2.05) is 42.5 Å². The molecule has 0 N–H and O–H groups in total. The number of hydrogen-bond donors (Lipinski definition) is 0. The van der Waals surface area contributed by atoms with E-state index in [2.05, 4.69) is 13.0 Å². The van der Waals surface area contributed by atoms with Crippen molar-refractivity contribution >= 4 is 21.7 Å². The lowest BCUT2D eigenvalue weighted by Gasteiger charge is -2.14. The third kappa shape index (κ3) is 3.50. The van der Waals surface area contributed by atoms with Gasteiger partial charge in [-0.2, -0.15) is 0 Å². The molecule has 0 amide bonds. The lowest BCUT2D eigenvalue weighted by atomic mass is 9.95. The number of rotatable bonds is 6. The molecular formula is C26H24O5. The first-order valence-electron chi connectivity index (χ1n) is 10.4. The van der Waals surface area contributed by atoms with E-state index in [1.165, 1.54) is 5.56 Å². The van der Waals surface area contributed by atoms with Gasteiger partial charge in [-0.3, -0.25) is 0 Å². The molecule has 0 bridgehead atoms. The summed E-state index contributed by atoms with van der Waals surface area (Å²) in [5.74, 6) is 1.91. The summed E-state index contributed by atoms with van der Waals surface area (Å²) in [6.07, 6.45) is 2.31. The summed E-state index contributed by atoms with van der Waals surface area (Å²) < 4.78 is 22.4. The molecule has 31 heavy (non-hydrogen) atoms. The zero-order valence-electron chi connectivity index (χ0n) is 17.9. The molecule has 1 aliphatic carbocycles. The molecule has 1 saturated carbocycles. The highest BCUT2D eigenvalue weighted by atomic mass is 16.5. The van der Waals surface area contributed by atoms with Crippen molar-refractivity contribution in [3.05, 3.63) is 76.1 Å². The minimum atomic E-state index is -0.333. The Hall–Kier alpha value is -3.47. The zero-order chi connectivity index (χ0) is 21.6. The predicted molar refractivity (Wildman–Crippen MR) is 120 cm³/mol. The molecule has 0 saturated heterocycles. The summed E-state index contributed by atoms with van der Waals surface area (Å²) in [4.78, 5) is 12.7. The van der Waals surface area contributed by atoms with Gasteiger partial charge in [-0.15, -0.1) is 0 Å². The molecule has 0 spiro atoms. The van der Waals surface area contributed by atoms with Gasteiger partial charge in [0.2, 0.25) is 0 Å². The molecule has 1 aliphatic rings. The Labute approximate surface area is 180 Å². The topological polar surface area (TPSA) is 57.9 Å². The molecule has 0 radical (unpaired) electrons. The minimum absolute atomic E-state index is 0.187. The van der Waals surface area contributed by atoms with Crippen LogP contribution in [0.4, 0.5) is 0 Å². The highest BCUT2D eigenvalue weighted by molar-refractivity contribution is 6.05. The van der Waals surface area contributed by atoms with E-state index in [0.29, 0.717) is 29.1 Å². The van der Waals surface area contributed by atoms with Crippen LogP contribution in [0, 0.1) is 0 Å². The second-order valence-corrected chi connectivity index (χ2v) is 8.35. The van der Waals surface area contributed by atoms with Crippen LogP contribution in [0.15, 0.2) is 63.8 Å². The average Bonchev–Trinajstić information content (AvgIpc) is 3.56. The van der Waals surface area contributed by atoms with E-state index < -0.39 is 0 Å². The SMILES string of the molecule is COc1ccc(COc2cc3oc(=O)c4cc(C5(C)CC5)ccc4c3cc2OC)cc1. The van der Waals surface area contributed by atoms with E-state index in [1.54, 1.807) is 20.3 Å². The molecule has 1 fully saturated rings. The molecule has 0 aliphatic heterocycles. The van der Waals surface area contributed by atoms with Crippen molar-refractivity contribution in [1.29, 1.82) is 0 Å². The van der Waals surface area contributed by atoms with Crippen LogP contribution in [0.1, 0.15) is 30.9 Å². The maximum Gasteiger partial charge on any atom is 0.344 e. The van der Waals surface area contributed by atoms with Gasteiger partial charge in [0.1, 0.15) is 17.9 Å². The molecular weight excluding hydrogens is 392 g/mol. The summed E-state index contributed by atoms with van der Waals surface area (Å²) in [5, 5.41) is 2.29. The molecule has 1 heterocycles. The van der Waals surface area contributed by atoms with Gasteiger partial charge in [0.05, 0.1) is 19.6 Å². The van der Waals surface area contributed by atoms with Crippen LogP contribution in [0.5, 0.6) is 17.2 Å². The Morgan fingerprint density at radius 2 is 1.65 bits per heavy atom. The number of methoxy groups -OCH3 is 2. The maximum absolute atomic E-state index is 12.7. The van der Waals surface area contributed by atoms with E-state index in [0.717, 1.165) is 34.9 Å². The summed E-state index contributed by atoms with van der Waals surface area (Å²) in [6.45, 7) is 2.58. The number of fused-ring (bicyclic) bond motifs is 3. The highest BCUT2D eigenvalue weighted by Gasteiger charge is 2.39. The van der Waals surface area contributed by atoms with Crippen molar-refractivity contribution in [3.8, 4) is 17.2 Å². The molecule has 3 aromatic carbocycles. The number of benzene rings is 3. The van der Waals surface area contributed by atoms with Crippen LogP contribution in [0.3, 0.4) is 0 Å². The van der Waals surface area contributed by atoms with Gasteiger partial charge in [0.15, 0.2) is 11.5 Å². The fraction of sp³-hybridized carbons (Fsp3) is 0.269. The Bertz CT molecular complexity index is 1330. The summed E-state index contributed by atoms with van der Waals surface area (Å²) in [6, 6.07) is 17.4. The van der Waals surface area contributed by atoms with Gasteiger partial charge in [-0.05, 0) is 53.6 Å². The predicted octanol–water partition coefficient (Wildman–Crippen LogP) is 5.59. The van der Waals surface area contributed by atoms with Crippen LogP contribution in [-0.2, 0) is 12.0 Å². The fourth-order valence-corrected chi connectivity index (χ4v) is 3.95. The first-order chi connectivity index (χ1) is 15.0. The second kappa shape index (κ2) is 7.34. The minimum Gasteiger partial charge on any atom is -0.497 e. The van der Waals surface area contributed by atoms with Crippen molar-refractivity contribution < 1.29 is 18.6 Å². The molecule has 158 valence electrons. The Morgan fingerprint density at radius 1 is 0.871 bits per heavy atom. The van der Waals surface area contributed by atoms with Crippen LogP contribution >= 0.6 is 0 Å². The van der Waals surface area contributed by atoms with Crippen molar-refractivity contribution in [2.75, 3.05) is 14.2 Å². The first-order valence-corrected chi connectivity index (χ1v) is 10.4. The Balaban J connectivity index is 1.54. The second-order valence-electron chi connectivity index (χ2n) is 8.35. The lowest BCUT2D eigenvalue weighted by molar-refractivity contribution is 0.284. The van der Waals surface area contributed by atoms with E-state index >= 15 is 0 Å². The number of ether oxygens (including phenoxy) is 3. The van der Waals surface area contributed by atoms with E-state index in [9.17, 15) is 4.79 Å². The van der Waals surface area contributed by atoms with Gasteiger partial charge in [-0.25, -0.2) is 4.79 Å². The van der Waals surface area contributed by atoms with Gasteiger partial charge in [0, 0.05) is 16.8 Å². The summed E-state index contributed by atoms with van der Waals surface area (Å²) in [5.41, 5.74) is 2.52. The maximum atomic E-state index is 12.7. The smallest absolute Gasteiger partial charge is 0.344 e. The van der Waals surface area contributed by atoms with Gasteiger partial charge in [0.25, 0.3) is 0 Å². The molecule has 0 atom stereocenters. The third-order valence-corrected chi connectivity index (χ3v) is 6.25. The van der Waals surface area contributed by atoms with Crippen molar-refractivity contribution in [2.24, 2.45) is 0 Å². The normalized spacial score (nSPS) is 14.5. The molecule has 4 aromatic rings. The molecule has 1 aromatic heterocycles. The third-order valence-electron chi connectivity index (χ3n) is 6.25. The standard InChI is InChI=1S/C26H24O5/c1-26(10-11-26)17-6-9-19-20-13-23(29-3)24(14-22(20)31-25(27)21(19)12-17)30-15-16-4-7-18(28-2)8-5-16/h4-9,12-14H,10-11,15H2,1-3H3. The first kappa shape index (κ1) is 19.5. The molecule has 5 rings (SSSR count). The van der Waals surface area contributed by atoms with Gasteiger partial charge in [-0.1, -0.05) is 31.2 Å². The number of hydrogen-bond acceptors (Lipinski definition) is 5. The van der Waals surface area contributed by atoms with Gasteiger partial charge >= 0.3 is 5.63 Å². The monoisotopic (exact) mass is 416 g/mol. The van der Waals surface area contributed by atoms with Crippen LogP contribution in [0.25, 0.3) is 21.7 Å². The molecule has 5 heteroatoms. The van der Waals surface area contributed by atoms with Crippen LogP contribution < -0.4 is 19.8 Å². The van der Waals surface area contributed by atoms with Gasteiger partial charge < -0.3 is 18.6 Å². The Morgan fingerprint density at radius 3 is 2.32 bits per heavy atom. The lowest BCUT2D eigenvalue weighted by Crippen LogP contribution is -2.05. The van der Waals surface area contributed by atoms with Crippen molar-refractivity contribution in [3.63, 3.8) is 0 Å². The quantitative estimate of drug-likeness (QED) is 0.303. The highest BCUT2D eigenvalue weighted by Crippen LogP contribution is 2.48. The van der Waals surface area contributed by atoms with Crippen LogP contribution in [-0.4, -0.2) is 14.2 Å². The van der Waals surface area contributed by atoms with E-state index in [4.69, 9.17) is 18.6 Å². The summed E-state index contributed by atoms with van der Waals surface area (Å²) in [7, 11) is 3.24. The molecule has 5 nitrogen and oxygen atoms in total. The van der Waals surface area contributed by atoms with Crippen LogP contribution in [0.2, 0.25) is 0 Å². The van der Waals surface area contributed by atoms with E-state index in [-0.39, 0.29) is 11.0 Å². The fourth-order valence-electron chi connectivity index (χ4n) is 3.95. The van der Waals surface area contributed by atoms with Crippen molar-refractivity contribution in [2.45, 2.75) is 31.8 Å². The largest absolute Gasteiger partial charge is 0.497 e. The van der Waals surface area contributed by atoms with Crippen molar-refractivity contribution in [1.82, 2.24) is 0 Å².